The highest BCUT2D eigenvalue weighted by Gasteiger charge is 2.57. The van der Waals surface area contributed by atoms with E-state index in [2.05, 4.69) is 193 Å². The summed E-state index contributed by atoms with van der Waals surface area (Å²) in [4.78, 5) is 18.4. The van der Waals surface area contributed by atoms with Crippen molar-refractivity contribution in [2.24, 2.45) is 5.92 Å². The van der Waals surface area contributed by atoms with E-state index in [4.69, 9.17) is 15.0 Å². The molecule has 0 saturated carbocycles. The van der Waals surface area contributed by atoms with Crippen LogP contribution in [0.4, 0.5) is 17.1 Å². The number of anilines is 3. The lowest BCUT2D eigenvalue weighted by Crippen LogP contribution is -2.63. The number of hydrogen-bond donors (Lipinski definition) is 0. The molecule has 2 aromatic heterocycles. The van der Waals surface area contributed by atoms with E-state index in [0.717, 1.165) is 45.8 Å². The summed E-state index contributed by atoms with van der Waals surface area (Å²) in [7, 11) is -2.14. The predicted molar refractivity (Wildman–Crippen MR) is 262 cm³/mol. The summed E-state index contributed by atoms with van der Waals surface area (Å²) in [5.74, 6) is 2.25. The van der Waals surface area contributed by atoms with E-state index in [1.165, 1.54) is 43.6 Å². The van der Waals surface area contributed by atoms with Gasteiger partial charge in [-0.3, -0.25) is 4.57 Å². The Kier molecular flexibility index (Phi) is 8.50. The second-order valence-corrected chi connectivity index (χ2v) is 22.0. The van der Waals surface area contributed by atoms with Crippen molar-refractivity contribution in [1.82, 2.24) is 19.5 Å². The molecule has 0 saturated heterocycles. The first-order valence-corrected chi connectivity index (χ1v) is 25.0. The maximum atomic E-state index is 5.44. The largest absolute Gasteiger partial charge is 0.310 e. The van der Waals surface area contributed by atoms with Crippen molar-refractivity contribution in [2.45, 2.75) is 31.9 Å². The minimum atomic E-state index is -2.14. The molecule has 9 aromatic rings. The normalized spacial score (nSPS) is 16.4. The number of fused-ring (bicyclic) bond motifs is 10. The first-order chi connectivity index (χ1) is 30.9. The van der Waals surface area contributed by atoms with Crippen LogP contribution in [0.3, 0.4) is 0 Å². The van der Waals surface area contributed by atoms with Gasteiger partial charge in [0.1, 0.15) is 8.07 Å². The molecule has 3 heterocycles. The Morgan fingerprint density at radius 1 is 0.571 bits per heavy atom. The maximum Gasteiger partial charge on any atom is 0.238 e. The Bertz CT molecular complexity index is 3150. The molecule has 7 aromatic carbocycles. The van der Waals surface area contributed by atoms with Crippen LogP contribution in [-0.2, 0) is 5.41 Å². The molecule has 1 unspecified atom stereocenters. The summed E-state index contributed by atoms with van der Waals surface area (Å²) in [5.41, 5.74) is 13.7. The van der Waals surface area contributed by atoms with Gasteiger partial charge in [0.2, 0.25) is 5.95 Å². The zero-order valence-electron chi connectivity index (χ0n) is 35.6. The third-order valence-corrected chi connectivity index (χ3v) is 17.2. The first-order valence-electron chi connectivity index (χ1n) is 22.0. The van der Waals surface area contributed by atoms with Gasteiger partial charge >= 0.3 is 0 Å². The second-order valence-electron chi connectivity index (χ2n) is 17.7. The average Bonchev–Trinajstić information content (AvgIpc) is 3.82. The first kappa shape index (κ1) is 37.4. The molecule has 0 fully saturated rings. The van der Waals surface area contributed by atoms with E-state index in [1.54, 1.807) is 0 Å². The van der Waals surface area contributed by atoms with Crippen LogP contribution < -0.4 is 15.3 Å². The van der Waals surface area contributed by atoms with E-state index < -0.39 is 13.5 Å². The summed E-state index contributed by atoms with van der Waals surface area (Å²) < 4.78 is 2.37. The van der Waals surface area contributed by atoms with Crippen LogP contribution in [0.15, 0.2) is 206 Å². The van der Waals surface area contributed by atoms with Crippen molar-refractivity contribution in [1.29, 1.82) is 0 Å². The van der Waals surface area contributed by atoms with Crippen LogP contribution >= 0.6 is 0 Å². The minimum Gasteiger partial charge on any atom is -0.310 e. The van der Waals surface area contributed by atoms with Crippen LogP contribution in [0.1, 0.15) is 35.7 Å². The molecule has 5 nitrogen and oxygen atoms in total. The molecule has 1 aliphatic heterocycles. The Morgan fingerprint density at radius 2 is 1.08 bits per heavy atom. The van der Waals surface area contributed by atoms with E-state index in [9.17, 15) is 0 Å². The van der Waals surface area contributed by atoms with Crippen LogP contribution in [0.25, 0.3) is 45.2 Å². The van der Waals surface area contributed by atoms with Crippen LogP contribution in [-0.4, -0.2) is 27.6 Å². The fraction of sp³-hybridized carbons (Fsp3) is 0.105. The zero-order chi connectivity index (χ0) is 42.3. The molecule has 2 aliphatic carbocycles. The summed E-state index contributed by atoms with van der Waals surface area (Å²) >= 11 is 0. The maximum absolute atomic E-state index is 5.44. The molecule has 0 radical (unpaired) electrons. The van der Waals surface area contributed by atoms with Crippen molar-refractivity contribution >= 4 is 52.0 Å². The molecule has 302 valence electrons. The molecule has 3 aliphatic rings. The van der Waals surface area contributed by atoms with E-state index in [-0.39, 0.29) is 0 Å². The Morgan fingerprint density at radius 3 is 1.63 bits per heavy atom. The van der Waals surface area contributed by atoms with Crippen molar-refractivity contribution in [3.05, 3.63) is 228 Å². The smallest absolute Gasteiger partial charge is 0.238 e. The second kappa shape index (κ2) is 14.3. The SMILES string of the molecule is CC1C=CC2=C(C1)C1(c3ccccc3[Si](C)(C)c3ccccc31)c1c2n(-c2nc(-c3ccccc3)nc(-c3ccccc3)n2)c2ccc(N(c3ccccc3)c3ccccc3)cc12. The minimum absolute atomic E-state index is 0.365. The van der Waals surface area contributed by atoms with Gasteiger partial charge in [0.15, 0.2) is 11.6 Å². The molecule has 1 spiro atoms. The van der Waals surface area contributed by atoms with Crippen molar-refractivity contribution in [2.75, 3.05) is 4.90 Å². The standard InChI is InChI=1S/C57H45N5Si/c1-38-32-34-44-48(36-38)57(46-28-16-18-30-50(46)63(2,3)51-31-19-17-29-47(51)57)52-45-37-43(61(41-24-12-6-13-25-41)42-26-14-7-15-27-42)33-35-49(45)62(53(44)52)56-59-54(39-20-8-4-9-21-39)58-55(60-56)40-22-10-5-11-23-40/h4-35,37-38H,36H2,1-3H3. The fourth-order valence-electron chi connectivity index (χ4n) is 10.9. The predicted octanol–water partition coefficient (Wildman–Crippen LogP) is 12.5. The molecule has 0 N–H and O–H groups in total. The van der Waals surface area contributed by atoms with Crippen molar-refractivity contribution < 1.29 is 0 Å². The molecule has 6 heteroatoms. The number of aromatic nitrogens is 4. The molecule has 63 heavy (non-hydrogen) atoms. The van der Waals surface area contributed by atoms with Gasteiger partial charge in [-0.15, -0.1) is 0 Å². The zero-order valence-corrected chi connectivity index (χ0v) is 36.6. The fourth-order valence-corrected chi connectivity index (χ4v) is 14.1. The molecule has 0 bridgehead atoms. The third-order valence-electron chi connectivity index (χ3n) is 13.7. The summed E-state index contributed by atoms with van der Waals surface area (Å²) in [6.07, 6.45) is 5.75. The highest BCUT2D eigenvalue weighted by molar-refractivity contribution is 7.01. The summed E-state index contributed by atoms with van der Waals surface area (Å²) in [5, 5.41) is 4.18. The van der Waals surface area contributed by atoms with Gasteiger partial charge in [-0.25, -0.2) is 4.98 Å². The van der Waals surface area contributed by atoms with Crippen molar-refractivity contribution in [3.8, 4) is 28.7 Å². The van der Waals surface area contributed by atoms with Gasteiger partial charge in [-0.05, 0) is 87.4 Å². The van der Waals surface area contributed by atoms with E-state index in [0.29, 0.717) is 23.5 Å². The summed E-state index contributed by atoms with van der Waals surface area (Å²) in [6.45, 7) is 7.43. The van der Waals surface area contributed by atoms with E-state index >= 15 is 0 Å². The Balaban J connectivity index is 1.25. The molecule has 0 amide bonds. The van der Waals surface area contributed by atoms with Gasteiger partial charge in [-0.2, -0.15) is 9.97 Å². The number of nitrogens with zero attached hydrogens (tertiary/aromatic N) is 5. The van der Waals surface area contributed by atoms with Gasteiger partial charge in [0, 0.05) is 39.1 Å². The van der Waals surface area contributed by atoms with Gasteiger partial charge in [-0.1, -0.05) is 178 Å². The third kappa shape index (κ3) is 5.57. The Hall–Kier alpha value is -7.41. The highest BCUT2D eigenvalue weighted by Crippen LogP contribution is 2.61. The highest BCUT2D eigenvalue weighted by atomic mass is 28.3. The lowest BCUT2D eigenvalue weighted by atomic mass is 9.64. The molecular weight excluding hydrogens is 783 g/mol. The van der Waals surface area contributed by atoms with Crippen LogP contribution in [0.2, 0.25) is 13.1 Å². The number of allylic oxidation sites excluding steroid dienone is 4. The molecular formula is C57H45N5Si. The number of hydrogen-bond acceptors (Lipinski definition) is 4. The van der Waals surface area contributed by atoms with Crippen LogP contribution in [0.5, 0.6) is 0 Å². The number of benzene rings is 7. The molecule has 1 atom stereocenters. The van der Waals surface area contributed by atoms with Gasteiger partial charge in [0.05, 0.1) is 16.6 Å². The van der Waals surface area contributed by atoms with Crippen LogP contribution in [0, 0.1) is 5.92 Å². The average molecular weight is 828 g/mol. The Labute approximate surface area is 369 Å². The summed E-state index contributed by atoms with van der Waals surface area (Å²) in [6, 6.07) is 67.9. The van der Waals surface area contributed by atoms with E-state index in [1.807, 2.05) is 36.4 Å². The quantitative estimate of drug-likeness (QED) is 0.157. The number of rotatable bonds is 6. The monoisotopic (exact) mass is 827 g/mol. The molecule has 12 rings (SSSR count). The number of para-hydroxylation sites is 2. The lowest BCUT2D eigenvalue weighted by Gasteiger charge is -2.47. The van der Waals surface area contributed by atoms with Gasteiger partial charge < -0.3 is 4.90 Å². The van der Waals surface area contributed by atoms with Gasteiger partial charge in [0.25, 0.3) is 0 Å². The van der Waals surface area contributed by atoms with Crippen molar-refractivity contribution in [3.63, 3.8) is 0 Å². The lowest BCUT2D eigenvalue weighted by molar-refractivity contribution is 0.626. The topological polar surface area (TPSA) is 46.8 Å².